The van der Waals surface area contributed by atoms with Gasteiger partial charge >= 0.3 is 0 Å². The van der Waals surface area contributed by atoms with Gasteiger partial charge in [0.15, 0.2) is 0 Å². The summed E-state index contributed by atoms with van der Waals surface area (Å²) in [5.41, 5.74) is -0.379. The number of amides is 1. The Morgan fingerprint density at radius 2 is 1.75 bits per heavy atom. The van der Waals surface area contributed by atoms with Crippen molar-refractivity contribution in [3.05, 3.63) is 30.1 Å². The Morgan fingerprint density at radius 3 is 2.15 bits per heavy atom. The summed E-state index contributed by atoms with van der Waals surface area (Å²) >= 11 is 0. The summed E-state index contributed by atoms with van der Waals surface area (Å²) in [6.45, 7) is 3.93. The van der Waals surface area contributed by atoms with Gasteiger partial charge in [-0.05, 0) is 37.1 Å². The van der Waals surface area contributed by atoms with Gasteiger partial charge in [0.1, 0.15) is 11.2 Å². The lowest BCUT2D eigenvalue weighted by Crippen LogP contribution is -2.41. The van der Waals surface area contributed by atoms with Crippen molar-refractivity contribution in [3.8, 4) is 6.07 Å². The zero-order valence-corrected chi connectivity index (χ0v) is 12.3. The van der Waals surface area contributed by atoms with Crippen molar-refractivity contribution in [1.82, 2.24) is 0 Å². The lowest BCUT2D eigenvalue weighted by molar-refractivity contribution is -0.125. The predicted molar refractivity (Wildman–Crippen MR) is 77.7 cm³/mol. The highest BCUT2D eigenvalue weighted by Crippen LogP contribution is 2.32. The van der Waals surface area contributed by atoms with Crippen LogP contribution >= 0.6 is 0 Å². The lowest BCUT2D eigenvalue weighted by atomic mass is 9.79. The molecule has 0 radical (unpaired) electrons. The smallest absolute Gasteiger partial charge is 0.247 e. The predicted octanol–water partition coefficient (Wildman–Crippen LogP) is 3.90. The van der Waals surface area contributed by atoms with Gasteiger partial charge in [0, 0.05) is 12.7 Å². The maximum absolute atomic E-state index is 12.9. The molecule has 0 unspecified atom stereocenters. The number of carbonyl (C=O) groups excluding carboxylic acids is 1. The minimum absolute atomic E-state index is 0.213. The van der Waals surface area contributed by atoms with Gasteiger partial charge in [0.05, 0.1) is 6.07 Å². The first-order valence-corrected chi connectivity index (χ1v) is 6.95. The highest BCUT2D eigenvalue weighted by atomic mass is 19.1. The second-order valence-electron chi connectivity index (χ2n) is 5.03. The molecule has 1 aromatic carbocycles. The molecule has 1 rings (SSSR count). The SMILES string of the molecule is CCCC(C#N)(CCC)C(=O)N(C)c1ccc(F)cc1. The molecule has 108 valence electrons. The molecule has 0 aliphatic carbocycles. The molecule has 4 heteroatoms. The van der Waals surface area contributed by atoms with E-state index in [0.29, 0.717) is 18.5 Å². The summed E-state index contributed by atoms with van der Waals surface area (Å²) < 4.78 is 12.9. The van der Waals surface area contributed by atoms with Gasteiger partial charge in [-0.25, -0.2) is 4.39 Å². The van der Waals surface area contributed by atoms with Crippen LogP contribution in [0.5, 0.6) is 0 Å². The maximum atomic E-state index is 12.9. The number of halogens is 1. The minimum Gasteiger partial charge on any atom is -0.314 e. The highest BCUT2D eigenvalue weighted by Gasteiger charge is 2.39. The third-order valence-corrected chi connectivity index (χ3v) is 3.50. The highest BCUT2D eigenvalue weighted by molar-refractivity contribution is 5.98. The number of benzene rings is 1. The van der Waals surface area contributed by atoms with Crippen molar-refractivity contribution in [2.45, 2.75) is 39.5 Å². The van der Waals surface area contributed by atoms with Crippen LogP contribution in [0.4, 0.5) is 10.1 Å². The number of hydrogen-bond donors (Lipinski definition) is 0. The first-order valence-electron chi connectivity index (χ1n) is 6.95. The molecule has 20 heavy (non-hydrogen) atoms. The Hall–Kier alpha value is -1.89. The van der Waals surface area contributed by atoms with Crippen molar-refractivity contribution in [1.29, 1.82) is 5.26 Å². The van der Waals surface area contributed by atoms with E-state index in [1.807, 2.05) is 13.8 Å². The summed E-state index contributed by atoms with van der Waals surface area (Å²) in [6, 6.07) is 7.94. The molecule has 0 atom stereocenters. The Balaban J connectivity index is 3.05. The molecule has 1 amide bonds. The third kappa shape index (κ3) is 3.36. The van der Waals surface area contributed by atoms with E-state index in [1.165, 1.54) is 17.0 Å². The molecule has 0 N–H and O–H groups in total. The second-order valence-corrected chi connectivity index (χ2v) is 5.03. The normalized spacial score (nSPS) is 10.9. The molecule has 0 heterocycles. The van der Waals surface area contributed by atoms with E-state index in [9.17, 15) is 14.4 Å². The Labute approximate surface area is 120 Å². The molecule has 0 bridgehead atoms. The van der Waals surface area contributed by atoms with Crippen LogP contribution in [0.1, 0.15) is 39.5 Å². The molecule has 0 saturated heterocycles. The molecule has 0 aliphatic rings. The molecule has 0 aromatic heterocycles. The molecular formula is C16H21FN2O. The van der Waals surface area contributed by atoms with Gasteiger partial charge in [0.25, 0.3) is 0 Å². The Kier molecular flexibility index (Phi) is 5.69. The van der Waals surface area contributed by atoms with E-state index in [0.717, 1.165) is 12.8 Å². The fraction of sp³-hybridized carbons (Fsp3) is 0.500. The molecule has 1 aromatic rings. The van der Waals surface area contributed by atoms with Crippen molar-refractivity contribution < 1.29 is 9.18 Å². The average molecular weight is 276 g/mol. The van der Waals surface area contributed by atoms with Crippen LogP contribution in [0, 0.1) is 22.6 Å². The van der Waals surface area contributed by atoms with E-state index in [2.05, 4.69) is 6.07 Å². The first kappa shape index (κ1) is 16.2. The van der Waals surface area contributed by atoms with Crippen molar-refractivity contribution in [2.75, 3.05) is 11.9 Å². The van der Waals surface area contributed by atoms with E-state index in [-0.39, 0.29) is 11.7 Å². The van der Waals surface area contributed by atoms with E-state index >= 15 is 0 Å². The van der Waals surface area contributed by atoms with E-state index in [4.69, 9.17) is 0 Å². The third-order valence-electron chi connectivity index (χ3n) is 3.50. The van der Waals surface area contributed by atoms with Crippen molar-refractivity contribution in [3.63, 3.8) is 0 Å². The van der Waals surface area contributed by atoms with E-state index in [1.54, 1.807) is 19.2 Å². The zero-order valence-electron chi connectivity index (χ0n) is 12.3. The summed E-state index contributed by atoms with van der Waals surface area (Å²) in [4.78, 5) is 14.1. The molecule has 0 aliphatic heterocycles. The van der Waals surface area contributed by atoms with Crippen molar-refractivity contribution >= 4 is 11.6 Å². The monoisotopic (exact) mass is 276 g/mol. The number of carbonyl (C=O) groups is 1. The van der Waals surface area contributed by atoms with Crippen LogP contribution in [0.2, 0.25) is 0 Å². The van der Waals surface area contributed by atoms with Gasteiger partial charge in [-0.1, -0.05) is 26.7 Å². The zero-order chi connectivity index (χ0) is 15.2. The number of nitrogens with zero attached hydrogens (tertiary/aromatic N) is 2. The standard InChI is InChI=1S/C16H21FN2O/c1-4-10-16(12-18,11-5-2)15(20)19(3)14-8-6-13(17)7-9-14/h6-9H,4-5,10-11H2,1-3H3. The van der Waals surface area contributed by atoms with Gasteiger partial charge < -0.3 is 4.90 Å². The first-order chi connectivity index (χ1) is 9.50. The quantitative estimate of drug-likeness (QED) is 0.791. The van der Waals surface area contributed by atoms with Gasteiger partial charge in [0.2, 0.25) is 5.91 Å². The summed E-state index contributed by atoms with van der Waals surface area (Å²) in [6.07, 6.45) is 2.64. The van der Waals surface area contributed by atoms with Crippen LogP contribution in [0.3, 0.4) is 0 Å². The molecule has 3 nitrogen and oxygen atoms in total. The van der Waals surface area contributed by atoms with Gasteiger partial charge in [-0.2, -0.15) is 5.26 Å². The van der Waals surface area contributed by atoms with Crippen LogP contribution in [0.15, 0.2) is 24.3 Å². The fourth-order valence-electron chi connectivity index (χ4n) is 2.46. The average Bonchev–Trinajstić information content (AvgIpc) is 2.46. The number of anilines is 1. The lowest BCUT2D eigenvalue weighted by Gasteiger charge is -2.30. The molecular weight excluding hydrogens is 255 g/mol. The maximum Gasteiger partial charge on any atom is 0.247 e. The second kappa shape index (κ2) is 7.04. The number of nitriles is 1. The minimum atomic E-state index is -0.980. The van der Waals surface area contributed by atoms with Crippen LogP contribution in [-0.2, 0) is 4.79 Å². The fourth-order valence-corrected chi connectivity index (χ4v) is 2.46. The summed E-state index contributed by atoms with van der Waals surface area (Å²) in [5, 5.41) is 9.49. The molecule has 0 fully saturated rings. The van der Waals surface area contributed by atoms with Gasteiger partial charge in [-0.3, -0.25) is 4.79 Å². The Morgan fingerprint density at radius 1 is 1.25 bits per heavy atom. The van der Waals surface area contributed by atoms with Crippen LogP contribution in [-0.4, -0.2) is 13.0 Å². The van der Waals surface area contributed by atoms with E-state index < -0.39 is 5.41 Å². The van der Waals surface area contributed by atoms with Crippen LogP contribution in [0.25, 0.3) is 0 Å². The Bertz CT molecular complexity index is 484. The summed E-state index contributed by atoms with van der Waals surface area (Å²) in [5.74, 6) is -0.557. The topological polar surface area (TPSA) is 44.1 Å². The van der Waals surface area contributed by atoms with Crippen molar-refractivity contribution in [2.24, 2.45) is 5.41 Å². The summed E-state index contributed by atoms with van der Waals surface area (Å²) in [7, 11) is 1.63. The van der Waals surface area contributed by atoms with Crippen LogP contribution < -0.4 is 4.90 Å². The molecule has 0 saturated carbocycles. The van der Waals surface area contributed by atoms with Gasteiger partial charge in [-0.15, -0.1) is 0 Å². The largest absolute Gasteiger partial charge is 0.314 e. The number of rotatable bonds is 6. The number of hydrogen-bond acceptors (Lipinski definition) is 2. The molecule has 0 spiro atoms.